The van der Waals surface area contributed by atoms with Crippen molar-refractivity contribution < 1.29 is 0 Å². The topological polar surface area (TPSA) is 0 Å². The molecule has 3 rings (SSSR count). The zero-order valence-electron chi connectivity index (χ0n) is 18.6. The fourth-order valence-corrected chi connectivity index (χ4v) is 7.39. The Balaban J connectivity index is 1.70. The smallest absolute Gasteiger partial charge is 0.0481 e. The van der Waals surface area contributed by atoms with E-state index in [2.05, 4.69) is 50.6 Å². The molecule has 3 aromatic heterocycles. The van der Waals surface area contributed by atoms with E-state index < -0.39 is 0 Å². The zero-order chi connectivity index (χ0) is 20.6. The first-order chi connectivity index (χ1) is 14.1. The first kappa shape index (κ1) is 22.8. The molecule has 0 spiro atoms. The first-order valence-electron chi connectivity index (χ1n) is 11.4. The van der Waals surface area contributed by atoms with Gasteiger partial charge in [0.15, 0.2) is 0 Å². The van der Waals surface area contributed by atoms with Gasteiger partial charge in [-0.05, 0) is 84.7 Å². The summed E-state index contributed by atoms with van der Waals surface area (Å²) in [6, 6.07) is 4.90. The van der Waals surface area contributed by atoms with E-state index in [9.17, 15) is 0 Å². The van der Waals surface area contributed by atoms with Crippen LogP contribution >= 0.6 is 34.0 Å². The Kier molecular flexibility index (Phi) is 9.02. The van der Waals surface area contributed by atoms with E-state index in [1.54, 1.807) is 0 Å². The number of hydrogen-bond acceptors (Lipinski definition) is 3. The van der Waals surface area contributed by atoms with Crippen molar-refractivity contribution in [2.24, 2.45) is 0 Å². The van der Waals surface area contributed by atoms with Crippen molar-refractivity contribution in [3.63, 3.8) is 0 Å². The maximum absolute atomic E-state index is 2.45. The average Bonchev–Trinajstić information content (AvgIpc) is 3.44. The fraction of sp³-hybridized carbons (Fsp3) is 0.538. The SMILES string of the molecule is CCCCCCc1csc(-c2sc(-c3cc(CCCCCC)cs3)c(C)c2C)c1. The molecule has 0 aliphatic rings. The van der Waals surface area contributed by atoms with Crippen LogP contribution in [0, 0.1) is 13.8 Å². The van der Waals surface area contributed by atoms with E-state index in [0.29, 0.717) is 0 Å². The molecule has 0 amide bonds. The van der Waals surface area contributed by atoms with Crippen LogP contribution in [0.15, 0.2) is 22.9 Å². The van der Waals surface area contributed by atoms with Crippen molar-refractivity contribution >= 4 is 34.0 Å². The van der Waals surface area contributed by atoms with E-state index in [1.165, 1.54) is 106 Å². The molecule has 29 heavy (non-hydrogen) atoms. The monoisotopic (exact) mass is 444 g/mol. The summed E-state index contributed by atoms with van der Waals surface area (Å²) in [6.07, 6.45) is 13.2. The van der Waals surface area contributed by atoms with E-state index in [0.717, 1.165) is 0 Å². The molecular weight excluding hydrogens is 408 g/mol. The van der Waals surface area contributed by atoms with Crippen molar-refractivity contribution in [3.05, 3.63) is 45.1 Å². The lowest BCUT2D eigenvalue weighted by Crippen LogP contribution is -1.82. The lowest BCUT2D eigenvalue weighted by atomic mass is 10.1. The highest BCUT2D eigenvalue weighted by Crippen LogP contribution is 2.45. The molecule has 3 heterocycles. The Morgan fingerprint density at radius 3 is 1.48 bits per heavy atom. The lowest BCUT2D eigenvalue weighted by molar-refractivity contribution is 0.667. The molecule has 0 fully saturated rings. The van der Waals surface area contributed by atoms with Gasteiger partial charge in [-0.25, -0.2) is 0 Å². The maximum Gasteiger partial charge on any atom is 0.0481 e. The minimum Gasteiger partial charge on any atom is -0.143 e. The van der Waals surface area contributed by atoms with Crippen LogP contribution in [0.3, 0.4) is 0 Å². The molecule has 0 saturated heterocycles. The Morgan fingerprint density at radius 2 is 1.07 bits per heavy atom. The van der Waals surface area contributed by atoms with Gasteiger partial charge in [-0.3, -0.25) is 0 Å². The van der Waals surface area contributed by atoms with Gasteiger partial charge in [0.1, 0.15) is 0 Å². The summed E-state index contributed by atoms with van der Waals surface area (Å²) in [5, 5.41) is 4.77. The summed E-state index contributed by atoms with van der Waals surface area (Å²) in [6.45, 7) is 9.19. The number of thiophene rings is 3. The standard InChI is InChI=1S/C26H36S3/c1-5-7-9-11-13-21-15-23(27-17-21)25-19(3)20(4)26(29-25)24-16-22(18-28-24)14-12-10-8-6-2/h15-18H,5-14H2,1-4H3. The molecule has 0 unspecified atom stereocenters. The Bertz CT molecular complexity index is 807. The van der Waals surface area contributed by atoms with Crippen LogP contribution < -0.4 is 0 Å². The van der Waals surface area contributed by atoms with Crippen molar-refractivity contribution in [1.29, 1.82) is 0 Å². The Labute approximate surface area is 190 Å². The molecule has 0 aromatic carbocycles. The van der Waals surface area contributed by atoms with Gasteiger partial charge in [-0.1, -0.05) is 52.4 Å². The predicted molar refractivity (Wildman–Crippen MR) is 136 cm³/mol. The van der Waals surface area contributed by atoms with Crippen molar-refractivity contribution in [2.45, 2.75) is 91.9 Å². The average molecular weight is 445 g/mol. The van der Waals surface area contributed by atoms with Crippen LogP contribution in [-0.2, 0) is 12.8 Å². The number of unbranched alkanes of at least 4 members (excludes halogenated alkanes) is 6. The third-order valence-electron chi connectivity index (χ3n) is 5.84. The minimum atomic E-state index is 1.24. The quantitative estimate of drug-likeness (QED) is 0.244. The van der Waals surface area contributed by atoms with E-state index in [1.807, 2.05) is 34.0 Å². The molecule has 0 radical (unpaired) electrons. The fourth-order valence-electron chi connectivity index (χ4n) is 3.83. The van der Waals surface area contributed by atoms with Crippen LogP contribution in [0.2, 0.25) is 0 Å². The van der Waals surface area contributed by atoms with Crippen molar-refractivity contribution in [3.8, 4) is 19.5 Å². The number of hydrogen-bond donors (Lipinski definition) is 0. The molecular formula is C26H36S3. The molecule has 158 valence electrons. The number of rotatable bonds is 12. The van der Waals surface area contributed by atoms with Crippen LogP contribution in [-0.4, -0.2) is 0 Å². The number of aryl methyl sites for hydroxylation is 2. The molecule has 0 nitrogen and oxygen atoms in total. The predicted octanol–water partition coefficient (Wildman–Crippen LogP) is 10.1. The van der Waals surface area contributed by atoms with Crippen molar-refractivity contribution in [2.75, 3.05) is 0 Å². The molecule has 0 N–H and O–H groups in total. The first-order valence-corrected chi connectivity index (χ1v) is 14.0. The highest BCUT2D eigenvalue weighted by atomic mass is 32.1. The summed E-state index contributed by atoms with van der Waals surface area (Å²) < 4.78 is 0. The summed E-state index contributed by atoms with van der Waals surface area (Å²) in [7, 11) is 0. The summed E-state index contributed by atoms with van der Waals surface area (Å²) in [5.74, 6) is 0. The molecule has 0 aliphatic carbocycles. The minimum absolute atomic E-state index is 1.24. The molecule has 3 aromatic rings. The summed E-state index contributed by atoms with van der Waals surface area (Å²) >= 11 is 5.87. The molecule has 3 heteroatoms. The third kappa shape index (κ3) is 6.06. The van der Waals surface area contributed by atoms with Crippen LogP contribution in [0.1, 0.15) is 87.5 Å². The van der Waals surface area contributed by atoms with Gasteiger partial charge in [0.2, 0.25) is 0 Å². The van der Waals surface area contributed by atoms with Crippen molar-refractivity contribution in [1.82, 2.24) is 0 Å². The van der Waals surface area contributed by atoms with Gasteiger partial charge in [0.05, 0.1) is 0 Å². The Morgan fingerprint density at radius 1 is 0.621 bits per heavy atom. The second kappa shape index (κ2) is 11.5. The molecule has 0 bridgehead atoms. The van der Waals surface area contributed by atoms with Gasteiger partial charge in [-0.15, -0.1) is 34.0 Å². The molecule has 0 atom stereocenters. The largest absolute Gasteiger partial charge is 0.143 e. The normalized spacial score (nSPS) is 11.4. The van der Waals surface area contributed by atoms with E-state index in [4.69, 9.17) is 0 Å². The summed E-state index contributed by atoms with van der Waals surface area (Å²) in [4.78, 5) is 5.90. The van der Waals surface area contributed by atoms with Gasteiger partial charge in [0, 0.05) is 19.5 Å². The van der Waals surface area contributed by atoms with Gasteiger partial charge in [0.25, 0.3) is 0 Å². The van der Waals surface area contributed by atoms with E-state index >= 15 is 0 Å². The van der Waals surface area contributed by atoms with E-state index in [-0.39, 0.29) is 0 Å². The molecule has 0 aliphatic heterocycles. The zero-order valence-corrected chi connectivity index (χ0v) is 21.1. The van der Waals surface area contributed by atoms with Crippen LogP contribution in [0.5, 0.6) is 0 Å². The molecule has 0 saturated carbocycles. The summed E-state index contributed by atoms with van der Waals surface area (Å²) in [5.41, 5.74) is 6.00. The highest BCUT2D eigenvalue weighted by molar-refractivity contribution is 7.26. The van der Waals surface area contributed by atoms with Crippen LogP contribution in [0.4, 0.5) is 0 Å². The van der Waals surface area contributed by atoms with Gasteiger partial charge < -0.3 is 0 Å². The second-order valence-electron chi connectivity index (χ2n) is 8.27. The maximum atomic E-state index is 2.45. The third-order valence-corrected chi connectivity index (χ3v) is 9.55. The van der Waals surface area contributed by atoms with Gasteiger partial charge >= 0.3 is 0 Å². The Hall–Kier alpha value is -0.900. The highest BCUT2D eigenvalue weighted by Gasteiger charge is 2.17. The lowest BCUT2D eigenvalue weighted by Gasteiger charge is -1.98. The second-order valence-corrected chi connectivity index (χ2v) is 11.1. The van der Waals surface area contributed by atoms with Crippen LogP contribution in [0.25, 0.3) is 19.5 Å². The van der Waals surface area contributed by atoms with Gasteiger partial charge in [-0.2, -0.15) is 0 Å².